The highest BCUT2D eigenvalue weighted by atomic mass is 32.2. The van der Waals surface area contributed by atoms with Crippen molar-refractivity contribution in [1.82, 2.24) is 14.1 Å². The van der Waals surface area contributed by atoms with E-state index in [1.165, 1.54) is 16.4 Å². The van der Waals surface area contributed by atoms with Gasteiger partial charge in [-0.1, -0.05) is 19.1 Å². The fourth-order valence-electron chi connectivity index (χ4n) is 2.85. The predicted octanol–water partition coefficient (Wildman–Crippen LogP) is 1.14. The molecule has 0 aromatic heterocycles. The summed E-state index contributed by atoms with van der Waals surface area (Å²) in [5.41, 5.74) is 0.691. The van der Waals surface area contributed by atoms with Crippen LogP contribution in [0.5, 0.6) is 0 Å². The van der Waals surface area contributed by atoms with Crippen molar-refractivity contribution >= 4 is 15.9 Å². The number of benzene rings is 1. The zero-order chi connectivity index (χ0) is 18.4. The lowest BCUT2D eigenvalue weighted by Gasteiger charge is -2.34. The summed E-state index contributed by atoms with van der Waals surface area (Å²) in [6.07, 6.45) is 1.28. The first-order valence-corrected chi connectivity index (χ1v) is 10.3. The van der Waals surface area contributed by atoms with E-state index in [0.717, 1.165) is 25.9 Å². The minimum Gasteiger partial charge on any atom is -0.340 e. The molecular formula is C17H26FN3O3S. The minimum atomic E-state index is -3.45. The van der Waals surface area contributed by atoms with Crippen LogP contribution in [0.1, 0.15) is 18.9 Å². The first kappa shape index (κ1) is 19.8. The van der Waals surface area contributed by atoms with Crippen molar-refractivity contribution in [2.75, 3.05) is 45.5 Å². The Bertz CT molecular complexity index is 671. The van der Waals surface area contributed by atoms with E-state index in [-0.39, 0.29) is 31.2 Å². The molecule has 0 saturated carbocycles. The summed E-state index contributed by atoms with van der Waals surface area (Å²) in [5, 5.41) is 0. The number of carbonyl (C=O) groups excluding carboxylic acids is 1. The Hall–Kier alpha value is -1.51. The minimum absolute atomic E-state index is 0.0245. The molecule has 0 aliphatic carbocycles. The second kappa shape index (κ2) is 8.73. The number of sulfonamides is 1. The van der Waals surface area contributed by atoms with Crippen LogP contribution < -0.4 is 0 Å². The fourth-order valence-corrected chi connectivity index (χ4v) is 3.65. The van der Waals surface area contributed by atoms with Crippen LogP contribution in [0.4, 0.5) is 4.39 Å². The Morgan fingerprint density at radius 1 is 1.16 bits per heavy atom. The maximum atomic E-state index is 13.0. The largest absolute Gasteiger partial charge is 0.340 e. The van der Waals surface area contributed by atoms with E-state index in [1.54, 1.807) is 17.0 Å². The van der Waals surface area contributed by atoms with Crippen LogP contribution in [-0.2, 0) is 21.4 Å². The second-order valence-electron chi connectivity index (χ2n) is 6.29. The van der Waals surface area contributed by atoms with Crippen molar-refractivity contribution < 1.29 is 17.6 Å². The maximum absolute atomic E-state index is 13.0. The lowest BCUT2D eigenvalue weighted by molar-refractivity contribution is -0.133. The van der Waals surface area contributed by atoms with E-state index in [9.17, 15) is 17.6 Å². The van der Waals surface area contributed by atoms with Gasteiger partial charge in [-0.2, -0.15) is 4.31 Å². The molecule has 8 heteroatoms. The smallest absolute Gasteiger partial charge is 0.223 e. The van der Waals surface area contributed by atoms with Crippen LogP contribution in [-0.4, -0.2) is 74.0 Å². The van der Waals surface area contributed by atoms with Gasteiger partial charge in [-0.25, -0.2) is 12.8 Å². The Labute approximate surface area is 149 Å². The van der Waals surface area contributed by atoms with Crippen molar-refractivity contribution in [3.63, 3.8) is 0 Å². The maximum Gasteiger partial charge on any atom is 0.223 e. The number of likely N-dealkylation sites (N-methyl/N-ethyl adjacent to an activating group) is 1. The highest BCUT2D eigenvalue weighted by molar-refractivity contribution is 7.88. The highest BCUT2D eigenvalue weighted by Gasteiger charge is 2.23. The third-order valence-corrected chi connectivity index (χ3v) is 5.74. The SMILES string of the molecule is CCN1CCN(C(=O)CCN(Cc2ccc(F)cc2)S(C)(=O)=O)CC1. The monoisotopic (exact) mass is 371 g/mol. The molecule has 0 bridgehead atoms. The van der Waals surface area contributed by atoms with E-state index in [4.69, 9.17) is 0 Å². The Morgan fingerprint density at radius 2 is 1.76 bits per heavy atom. The van der Waals surface area contributed by atoms with Gasteiger partial charge in [-0.3, -0.25) is 4.79 Å². The average Bonchev–Trinajstić information content (AvgIpc) is 2.59. The summed E-state index contributed by atoms with van der Waals surface area (Å²) in [5.74, 6) is -0.389. The number of hydrogen-bond donors (Lipinski definition) is 0. The van der Waals surface area contributed by atoms with Gasteiger partial charge in [0, 0.05) is 45.7 Å². The first-order chi connectivity index (χ1) is 11.8. The molecule has 0 unspecified atom stereocenters. The van der Waals surface area contributed by atoms with Crippen LogP contribution in [0.2, 0.25) is 0 Å². The number of hydrogen-bond acceptors (Lipinski definition) is 4. The van der Waals surface area contributed by atoms with Gasteiger partial charge in [-0.15, -0.1) is 0 Å². The molecule has 1 fully saturated rings. The Balaban J connectivity index is 1.92. The molecule has 1 aliphatic rings. The van der Waals surface area contributed by atoms with E-state index in [0.29, 0.717) is 18.7 Å². The molecular weight excluding hydrogens is 345 g/mol. The number of nitrogens with zero attached hydrogens (tertiary/aromatic N) is 3. The van der Waals surface area contributed by atoms with E-state index in [2.05, 4.69) is 11.8 Å². The van der Waals surface area contributed by atoms with Crippen molar-refractivity contribution in [3.05, 3.63) is 35.6 Å². The van der Waals surface area contributed by atoms with Crippen LogP contribution in [0.25, 0.3) is 0 Å². The van der Waals surface area contributed by atoms with Crippen molar-refractivity contribution in [1.29, 1.82) is 0 Å². The molecule has 6 nitrogen and oxygen atoms in total. The highest BCUT2D eigenvalue weighted by Crippen LogP contribution is 2.11. The predicted molar refractivity (Wildman–Crippen MR) is 95.0 cm³/mol. The Kier molecular flexibility index (Phi) is 6.92. The quantitative estimate of drug-likeness (QED) is 0.721. The van der Waals surface area contributed by atoms with E-state index < -0.39 is 10.0 Å². The lowest BCUT2D eigenvalue weighted by Crippen LogP contribution is -2.49. The van der Waals surface area contributed by atoms with Gasteiger partial charge >= 0.3 is 0 Å². The number of carbonyl (C=O) groups is 1. The second-order valence-corrected chi connectivity index (χ2v) is 8.27. The van der Waals surface area contributed by atoms with Crippen LogP contribution >= 0.6 is 0 Å². The molecule has 1 heterocycles. The summed E-state index contributed by atoms with van der Waals surface area (Å²) in [7, 11) is -3.45. The van der Waals surface area contributed by atoms with Gasteiger partial charge in [0.05, 0.1) is 6.26 Å². The average molecular weight is 371 g/mol. The van der Waals surface area contributed by atoms with Crippen molar-refractivity contribution in [2.24, 2.45) is 0 Å². The molecule has 1 aromatic rings. The summed E-state index contributed by atoms with van der Waals surface area (Å²) in [6.45, 7) is 6.41. The zero-order valence-electron chi connectivity index (χ0n) is 14.8. The molecule has 1 saturated heterocycles. The zero-order valence-corrected chi connectivity index (χ0v) is 15.6. The first-order valence-electron chi connectivity index (χ1n) is 8.49. The van der Waals surface area contributed by atoms with E-state index in [1.807, 2.05) is 0 Å². The van der Waals surface area contributed by atoms with Crippen molar-refractivity contribution in [2.45, 2.75) is 19.9 Å². The number of piperazine rings is 1. The molecule has 1 aromatic carbocycles. The van der Waals surface area contributed by atoms with Crippen LogP contribution in [0, 0.1) is 5.82 Å². The molecule has 25 heavy (non-hydrogen) atoms. The molecule has 2 rings (SSSR count). The van der Waals surface area contributed by atoms with Gasteiger partial charge in [-0.05, 0) is 24.2 Å². The third-order valence-electron chi connectivity index (χ3n) is 4.49. The standard InChI is InChI=1S/C17H26FN3O3S/c1-3-19-10-12-20(13-11-19)17(22)8-9-21(25(2,23)24)14-15-4-6-16(18)7-5-15/h4-7H,3,8-14H2,1-2H3. The number of halogens is 1. The molecule has 0 radical (unpaired) electrons. The molecule has 140 valence electrons. The van der Waals surface area contributed by atoms with Gasteiger partial charge in [0.2, 0.25) is 15.9 Å². The fraction of sp³-hybridized carbons (Fsp3) is 0.588. The summed E-state index contributed by atoms with van der Waals surface area (Å²) in [6, 6.07) is 5.71. The topological polar surface area (TPSA) is 60.9 Å². The summed E-state index contributed by atoms with van der Waals surface area (Å²) < 4.78 is 38.2. The molecule has 0 N–H and O–H groups in total. The lowest BCUT2D eigenvalue weighted by atomic mass is 10.2. The van der Waals surface area contributed by atoms with Gasteiger partial charge in [0.15, 0.2) is 0 Å². The normalized spacial score (nSPS) is 16.4. The molecule has 1 amide bonds. The van der Waals surface area contributed by atoms with Gasteiger partial charge in [0.25, 0.3) is 0 Å². The molecule has 0 spiro atoms. The molecule has 1 aliphatic heterocycles. The van der Waals surface area contributed by atoms with Crippen molar-refractivity contribution in [3.8, 4) is 0 Å². The van der Waals surface area contributed by atoms with Gasteiger partial charge < -0.3 is 9.80 Å². The number of amides is 1. The van der Waals surface area contributed by atoms with Gasteiger partial charge in [0.1, 0.15) is 5.82 Å². The van der Waals surface area contributed by atoms with Crippen LogP contribution in [0.15, 0.2) is 24.3 Å². The van der Waals surface area contributed by atoms with Crippen LogP contribution in [0.3, 0.4) is 0 Å². The summed E-state index contributed by atoms with van der Waals surface area (Å²) in [4.78, 5) is 16.4. The number of rotatable bonds is 7. The Morgan fingerprint density at radius 3 is 2.28 bits per heavy atom. The summed E-state index contributed by atoms with van der Waals surface area (Å²) >= 11 is 0. The van der Waals surface area contributed by atoms with E-state index >= 15 is 0 Å². The molecule has 0 atom stereocenters. The third kappa shape index (κ3) is 6.05.